The Morgan fingerprint density at radius 1 is 1.42 bits per heavy atom. The summed E-state index contributed by atoms with van der Waals surface area (Å²) in [6.07, 6.45) is 0.840. The molecule has 98 valence electrons. The van der Waals surface area contributed by atoms with E-state index in [0.717, 1.165) is 12.0 Å². The molecule has 19 heavy (non-hydrogen) atoms. The van der Waals surface area contributed by atoms with Crippen LogP contribution in [-0.4, -0.2) is 32.8 Å². The van der Waals surface area contributed by atoms with Crippen LogP contribution in [0.2, 0.25) is 0 Å². The van der Waals surface area contributed by atoms with E-state index in [9.17, 15) is 0 Å². The number of guanidine groups is 1. The molecule has 1 aliphatic heterocycles. The average molecular weight is 259 g/mol. The minimum atomic E-state index is -0.110. The number of nitrogens with zero attached hydrogens (tertiary/aromatic N) is 4. The largest absolute Gasteiger partial charge is 0.408 e. The Morgan fingerprint density at radius 2 is 2.21 bits per heavy atom. The van der Waals surface area contributed by atoms with Crippen LogP contribution in [0.5, 0.6) is 0 Å². The minimum Gasteiger partial charge on any atom is -0.408 e. The monoisotopic (exact) mass is 259 g/mol. The van der Waals surface area contributed by atoms with Crippen molar-refractivity contribution in [1.82, 2.24) is 15.0 Å². The highest BCUT2D eigenvalue weighted by molar-refractivity contribution is 5.78. The number of nitrogens with two attached hydrogens (primary N) is 1. The van der Waals surface area contributed by atoms with E-state index < -0.39 is 0 Å². The van der Waals surface area contributed by atoms with Crippen LogP contribution in [0.1, 0.15) is 18.4 Å². The summed E-state index contributed by atoms with van der Waals surface area (Å²) in [5.74, 6) is 1.09. The first kappa shape index (κ1) is 11.5. The smallest absolute Gasteiger partial charge is 0.249 e. The van der Waals surface area contributed by atoms with Gasteiger partial charge in [0.25, 0.3) is 0 Å². The highest BCUT2D eigenvalue weighted by Crippen LogP contribution is 2.32. The number of rotatable bonds is 2. The Hall–Kier alpha value is -2.57. The van der Waals surface area contributed by atoms with E-state index in [0.29, 0.717) is 18.3 Å². The lowest BCUT2D eigenvalue weighted by molar-refractivity contribution is 0.135. The third-order valence-electron chi connectivity index (χ3n) is 3.18. The molecule has 7 heteroatoms. The highest BCUT2D eigenvalue weighted by Gasteiger charge is 2.35. The molecule has 2 heterocycles. The van der Waals surface area contributed by atoms with Crippen molar-refractivity contribution in [2.45, 2.75) is 12.5 Å². The molecule has 3 rings (SSSR count). The maximum atomic E-state index is 8.67. The minimum absolute atomic E-state index is 0.0655. The van der Waals surface area contributed by atoms with Gasteiger partial charge in [-0.3, -0.25) is 0 Å². The van der Waals surface area contributed by atoms with Gasteiger partial charge in [0.1, 0.15) is 6.04 Å². The Bertz CT molecular complexity index is 595. The molecule has 0 unspecified atom stereocenters. The Labute approximate surface area is 109 Å². The molecule has 1 atom stereocenters. The topological polar surface area (TPSA) is 101 Å². The van der Waals surface area contributed by atoms with Gasteiger partial charge in [-0.05, 0) is 6.42 Å². The van der Waals surface area contributed by atoms with Gasteiger partial charge in [0.05, 0.1) is 0 Å². The number of oxime groups is 1. The fourth-order valence-electron chi connectivity index (χ4n) is 2.05. The second-order valence-electron chi connectivity index (χ2n) is 4.28. The predicted octanol–water partition coefficient (Wildman–Crippen LogP) is 1.19. The lowest BCUT2D eigenvalue weighted by Crippen LogP contribution is -2.48. The number of hydrogen-bond donors (Lipinski definition) is 2. The predicted molar refractivity (Wildman–Crippen MR) is 67.2 cm³/mol. The summed E-state index contributed by atoms with van der Waals surface area (Å²) in [7, 11) is 0. The normalized spacial score (nSPS) is 19.3. The lowest BCUT2D eigenvalue weighted by Gasteiger charge is -2.38. The summed E-state index contributed by atoms with van der Waals surface area (Å²) >= 11 is 0. The van der Waals surface area contributed by atoms with E-state index in [-0.39, 0.29) is 12.0 Å². The maximum absolute atomic E-state index is 8.67. The van der Waals surface area contributed by atoms with Crippen molar-refractivity contribution >= 4 is 5.96 Å². The summed E-state index contributed by atoms with van der Waals surface area (Å²) in [6, 6.07) is 9.47. The van der Waals surface area contributed by atoms with E-state index in [1.807, 2.05) is 30.3 Å². The van der Waals surface area contributed by atoms with Crippen molar-refractivity contribution < 1.29 is 9.73 Å². The zero-order valence-corrected chi connectivity index (χ0v) is 10.1. The van der Waals surface area contributed by atoms with Crippen molar-refractivity contribution in [3.8, 4) is 11.4 Å². The number of hydrogen-bond acceptors (Lipinski definition) is 5. The van der Waals surface area contributed by atoms with E-state index in [1.54, 1.807) is 4.90 Å². The van der Waals surface area contributed by atoms with Crippen LogP contribution in [0.4, 0.5) is 0 Å². The Balaban J connectivity index is 1.83. The van der Waals surface area contributed by atoms with Crippen LogP contribution in [0.15, 0.2) is 40.0 Å². The first-order chi connectivity index (χ1) is 9.29. The van der Waals surface area contributed by atoms with Gasteiger partial charge >= 0.3 is 0 Å². The van der Waals surface area contributed by atoms with Gasteiger partial charge in [-0.2, -0.15) is 4.98 Å². The van der Waals surface area contributed by atoms with Gasteiger partial charge in [-0.25, -0.2) is 0 Å². The van der Waals surface area contributed by atoms with E-state index in [2.05, 4.69) is 15.3 Å². The summed E-state index contributed by atoms with van der Waals surface area (Å²) < 4.78 is 5.25. The van der Waals surface area contributed by atoms with Crippen LogP contribution >= 0.6 is 0 Å². The highest BCUT2D eigenvalue weighted by atomic mass is 16.5. The molecule has 7 nitrogen and oxygen atoms in total. The third-order valence-corrected chi connectivity index (χ3v) is 3.18. The molecule has 1 aliphatic rings. The first-order valence-electron chi connectivity index (χ1n) is 5.93. The third kappa shape index (κ3) is 1.99. The molecule has 2 aromatic rings. The van der Waals surface area contributed by atoms with E-state index >= 15 is 0 Å². The summed E-state index contributed by atoms with van der Waals surface area (Å²) in [4.78, 5) is 6.07. The molecule has 0 bridgehead atoms. The molecule has 3 N–H and O–H groups in total. The second-order valence-corrected chi connectivity index (χ2v) is 4.28. The van der Waals surface area contributed by atoms with Gasteiger partial charge in [-0.15, -0.1) is 0 Å². The summed E-state index contributed by atoms with van der Waals surface area (Å²) in [5.41, 5.74) is 6.46. The number of benzene rings is 1. The van der Waals surface area contributed by atoms with Crippen molar-refractivity contribution in [1.29, 1.82) is 0 Å². The van der Waals surface area contributed by atoms with Crippen LogP contribution in [0.3, 0.4) is 0 Å². The molecule has 0 spiro atoms. The zero-order valence-electron chi connectivity index (χ0n) is 10.1. The molecule has 1 aromatic carbocycles. The van der Waals surface area contributed by atoms with Crippen LogP contribution in [0, 0.1) is 0 Å². The van der Waals surface area contributed by atoms with E-state index in [4.69, 9.17) is 15.5 Å². The molecule has 1 saturated heterocycles. The zero-order chi connectivity index (χ0) is 13.2. The Kier molecular flexibility index (Phi) is 2.79. The molecule has 1 fully saturated rings. The summed E-state index contributed by atoms with van der Waals surface area (Å²) in [5, 5.41) is 15.6. The average Bonchev–Trinajstić information content (AvgIpc) is 2.87. The fraction of sp³-hybridized carbons (Fsp3) is 0.250. The number of aromatic nitrogens is 2. The molecular weight excluding hydrogens is 246 g/mol. The van der Waals surface area contributed by atoms with Crippen LogP contribution in [-0.2, 0) is 0 Å². The molecule has 0 saturated carbocycles. The van der Waals surface area contributed by atoms with Crippen molar-refractivity contribution in [2.75, 3.05) is 6.54 Å². The van der Waals surface area contributed by atoms with Crippen LogP contribution in [0.25, 0.3) is 11.4 Å². The molecule has 0 radical (unpaired) electrons. The van der Waals surface area contributed by atoms with E-state index in [1.165, 1.54) is 0 Å². The SMILES string of the molecule is N/C(=N\O)N1CC[C@H]1c1nc(-c2ccccc2)no1. The fourth-order valence-corrected chi connectivity index (χ4v) is 2.05. The van der Waals surface area contributed by atoms with Crippen molar-refractivity contribution in [3.05, 3.63) is 36.2 Å². The van der Waals surface area contributed by atoms with Gasteiger partial charge in [0.2, 0.25) is 17.7 Å². The van der Waals surface area contributed by atoms with Gasteiger partial charge in [0, 0.05) is 12.1 Å². The molecule has 1 aromatic heterocycles. The Morgan fingerprint density at radius 3 is 2.84 bits per heavy atom. The number of likely N-dealkylation sites (tertiary alicyclic amines) is 1. The summed E-state index contributed by atoms with van der Waals surface area (Å²) in [6.45, 7) is 0.712. The molecule has 0 amide bonds. The standard InChI is InChI=1S/C12H13N5O2/c13-12(15-18)17-7-6-9(17)11-14-10(16-19-11)8-4-2-1-3-5-8/h1-5,9,18H,6-7H2,(H2,13,15)/t9-/m0/s1. The van der Waals surface area contributed by atoms with Crippen molar-refractivity contribution in [2.24, 2.45) is 10.9 Å². The van der Waals surface area contributed by atoms with Crippen LogP contribution < -0.4 is 5.73 Å². The van der Waals surface area contributed by atoms with Gasteiger partial charge in [0.15, 0.2) is 0 Å². The lowest BCUT2D eigenvalue weighted by atomic mass is 10.0. The second kappa shape index (κ2) is 4.60. The molecule has 0 aliphatic carbocycles. The quantitative estimate of drug-likeness (QED) is 0.363. The van der Waals surface area contributed by atoms with Crippen molar-refractivity contribution in [3.63, 3.8) is 0 Å². The first-order valence-corrected chi connectivity index (χ1v) is 5.93. The van der Waals surface area contributed by atoms with Gasteiger partial charge < -0.3 is 20.4 Å². The van der Waals surface area contributed by atoms with Gasteiger partial charge in [-0.1, -0.05) is 40.6 Å². The molecular formula is C12H13N5O2. The maximum Gasteiger partial charge on any atom is 0.249 e.